The summed E-state index contributed by atoms with van der Waals surface area (Å²) in [6, 6.07) is 0. The quantitative estimate of drug-likeness (QED) is 0.269. The second kappa shape index (κ2) is 14.6. The summed E-state index contributed by atoms with van der Waals surface area (Å²) in [6.07, 6.45) is 5.50. The first kappa shape index (κ1) is 20.9. The molecule has 0 saturated carbocycles. The van der Waals surface area contributed by atoms with Crippen molar-refractivity contribution in [3.8, 4) is 0 Å². The van der Waals surface area contributed by atoms with E-state index in [1.807, 2.05) is 0 Å². The Morgan fingerprint density at radius 2 is 1.87 bits per heavy atom. The molecule has 0 unspecified atom stereocenters. The summed E-state index contributed by atoms with van der Waals surface area (Å²) in [7, 11) is -4.67. The van der Waals surface area contributed by atoms with E-state index < -0.39 is 10.4 Å². The molecule has 0 bridgehead atoms. The molecular weight excluding hydrogens is 231 g/mol. The summed E-state index contributed by atoms with van der Waals surface area (Å²) in [5, 5.41) is 0. The van der Waals surface area contributed by atoms with Crippen LogP contribution in [0.2, 0.25) is 0 Å². The summed E-state index contributed by atoms with van der Waals surface area (Å²) < 4.78 is 36.8. The van der Waals surface area contributed by atoms with E-state index in [0.29, 0.717) is 6.61 Å². The summed E-state index contributed by atoms with van der Waals surface area (Å²) in [5.41, 5.74) is 0. The Balaban J connectivity index is -0.0000000904. The maximum absolute atomic E-state index is 8.74. The second-order valence-corrected chi connectivity index (χ2v) is 3.41. The van der Waals surface area contributed by atoms with Crippen LogP contribution in [0.25, 0.3) is 0 Å². The molecule has 0 atom stereocenters. The van der Waals surface area contributed by atoms with E-state index in [4.69, 9.17) is 22.3 Å². The zero-order chi connectivity index (χ0) is 11.4. The molecule has 0 aromatic heterocycles. The van der Waals surface area contributed by atoms with Gasteiger partial charge in [-0.15, -0.1) is 6.58 Å². The van der Waals surface area contributed by atoms with Gasteiger partial charge in [0.25, 0.3) is 0 Å². The molecule has 0 saturated heterocycles. The van der Waals surface area contributed by atoms with Gasteiger partial charge in [0.2, 0.25) is 0 Å². The average molecular weight is 250 g/mol. The first-order chi connectivity index (χ1) is 6.41. The van der Waals surface area contributed by atoms with E-state index in [0.717, 1.165) is 6.61 Å². The molecule has 0 radical (unpaired) electrons. The van der Waals surface area contributed by atoms with Crippen molar-refractivity contribution in [2.24, 2.45) is 0 Å². The van der Waals surface area contributed by atoms with Gasteiger partial charge in [0, 0.05) is 6.61 Å². The number of unbranched alkanes of at least 4 members (excludes halogenated alkanes) is 2. The first-order valence-electron chi connectivity index (χ1n) is 4.30. The predicted octanol–water partition coefficient (Wildman–Crippen LogP) is -1.16. The van der Waals surface area contributed by atoms with Gasteiger partial charge in [-0.25, -0.2) is 0 Å². The molecule has 7 heteroatoms. The van der Waals surface area contributed by atoms with Crippen LogP contribution in [0.5, 0.6) is 0 Å². The SMILES string of the molecule is C=CCOCCCCC.O=S(=O)(O)O.[H-].[Na+]. The molecule has 0 spiro atoms. The van der Waals surface area contributed by atoms with Crippen molar-refractivity contribution in [1.29, 1.82) is 0 Å². The van der Waals surface area contributed by atoms with Crippen LogP contribution in [0.4, 0.5) is 0 Å². The molecule has 2 N–H and O–H groups in total. The molecule has 0 aliphatic carbocycles. The van der Waals surface area contributed by atoms with Gasteiger partial charge in [-0.05, 0) is 6.42 Å². The maximum Gasteiger partial charge on any atom is 1.00 e. The third-order valence-electron chi connectivity index (χ3n) is 1.13. The van der Waals surface area contributed by atoms with Crippen molar-refractivity contribution in [1.82, 2.24) is 0 Å². The molecule has 5 nitrogen and oxygen atoms in total. The van der Waals surface area contributed by atoms with Crippen molar-refractivity contribution in [3.63, 3.8) is 0 Å². The Morgan fingerprint density at radius 1 is 1.40 bits per heavy atom. The minimum Gasteiger partial charge on any atom is -1.00 e. The minimum atomic E-state index is -4.67. The van der Waals surface area contributed by atoms with E-state index in [-0.39, 0.29) is 31.0 Å². The summed E-state index contributed by atoms with van der Waals surface area (Å²) in [6.45, 7) is 7.33. The van der Waals surface area contributed by atoms with Gasteiger partial charge < -0.3 is 6.16 Å². The normalized spacial score (nSPS) is 9.53. The van der Waals surface area contributed by atoms with Crippen LogP contribution >= 0.6 is 0 Å². The van der Waals surface area contributed by atoms with Crippen molar-refractivity contribution in [3.05, 3.63) is 12.7 Å². The topological polar surface area (TPSA) is 83.8 Å². The van der Waals surface area contributed by atoms with Crippen LogP contribution in [0, 0.1) is 0 Å². The minimum absolute atomic E-state index is 0. The molecule has 0 fully saturated rings. The third-order valence-corrected chi connectivity index (χ3v) is 1.13. The third kappa shape index (κ3) is 53.3. The van der Waals surface area contributed by atoms with Crippen molar-refractivity contribution in [2.75, 3.05) is 13.2 Å². The van der Waals surface area contributed by atoms with Crippen molar-refractivity contribution >= 4 is 10.4 Å². The smallest absolute Gasteiger partial charge is 1.00 e. The molecule has 0 aromatic carbocycles. The van der Waals surface area contributed by atoms with Gasteiger partial charge in [0.15, 0.2) is 0 Å². The summed E-state index contributed by atoms with van der Waals surface area (Å²) in [4.78, 5) is 0. The number of hydrogen-bond donors (Lipinski definition) is 2. The number of hydrogen-bond acceptors (Lipinski definition) is 3. The van der Waals surface area contributed by atoms with Gasteiger partial charge in [0.05, 0.1) is 6.61 Å². The van der Waals surface area contributed by atoms with E-state index in [1.165, 1.54) is 19.3 Å². The molecule has 0 aliphatic heterocycles. The van der Waals surface area contributed by atoms with Crippen LogP contribution < -0.4 is 29.6 Å². The molecule has 0 aliphatic rings. The fraction of sp³-hybridized carbons (Fsp3) is 0.750. The Kier molecular flexibility index (Phi) is 20.3. The molecular formula is C8H19NaO5S. The Bertz CT molecular complexity index is 212. The predicted molar refractivity (Wildman–Crippen MR) is 55.8 cm³/mol. The van der Waals surface area contributed by atoms with Crippen LogP contribution in [-0.4, -0.2) is 30.7 Å². The van der Waals surface area contributed by atoms with Crippen LogP contribution in [-0.2, 0) is 15.1 Å². The molecule has 0 aromatic rings. The Morgan fingerprint density at radius 3 is 2.20 bits per heavy atom. The molecule has 0 heterocycles. The van der Waals surface area contributed by atoms with E-state index in [2.05, 4.69) is 13.5 Å². The van der Waals surface area contributed by atoms with Crippen LogP contribution in [0.3, 0.4) is 0 Å². The van der Waals surface area contributed by atoms with E-state index in [9.17, 15) is 0 Å². The van der Waals surface area contributed by atoms with Gasteiger partial charge >= 0.3 is 40.0 Å². The van der Waals surface area contributed by atoms with Crippen molar-refractivity contribution in [2.45, 2.75) is 26.2 Å². The number of ether oxygens (including phenoxy) is 1. The average Bonchev–Trinajstić information content (AvgIpc) is 2.01. The summed E-state index contributed by atoms with van der Waals surface area (Å²) >= 11 is 0. The monoisotopic (exact) mass is 250 g/mol. The molecule has 15 heavy (non-hydrogen) atoms. The zero-order valence-corrected chi connectivity index (χ0v) is 12.2. The first-order valence-corrected chi connectivity index (χ1v) is 5.70. The number of rotatable bonds is 6. The fourth-order valence-electron chi connectivity index (χ4n) is 0.621. The molecule has 88 valence electrons. The Labute approximate surface area is 115 Å². The van der Waals surface area contributed by atoms with Gasteiger partial charge in [-0.2, -0.15) is 8.42 Å². The van der Waals surface area contributed by atoms with Crippen LogP contribution in [0.1, 0.15) is 27.6 Å². The van der Waals surface area contributed by atoms with E-state index in [1.54, 1.807) is 6.08 Å². The largest absolute Gasteiger partial charge is 1.00 e. The standard InChI is InChI=1S/C8H16O.Na.H2O4S.H/c1-3-5-6-8-9-7-4-2;;1-5(2,3)4;/h4H,2-3,5-8H2,1H3;;(H2,1,2,3,4);/q;+1;;-1. The molecule has 0 rings (SSSR count). The van der Waals surface area contributed by atoms with Gasteiger partial charge in [-0.1, -0.05) is 25.8 Å². The van der Waals surface area contributed by atoms with Crippen molar-refractivity contribution < 1.29 is 53.2 Å². The molecule has 0 amide bonds. The van der Waals surface area contributed by atoms with Gasteiger partial charge in [0.1, 0.15) is 0 Å². The summed E-state index contributed by atoms with van der Waals surface area (Å²) in [5.74, 6) is 0. The zero-order valence-electron chi connectivity index (χ0n) is 10.3. The van der Waals surface area contributed by atoms with Crippen LogP contribution in [0.15, 0.2) is 12.7 Å². The fourth-order valence-corrected chi connectivity index (χ4v) is 0.621. The Hall–Kier alpha value is 0.570. The maximum atomic E-state index is 8.74. The van der Waals surface area contributed by atoms with Gasteiger partial charge in [-0.3, -0.25) is 9.11 Å². The van der Waals surface area contributed by atoms with E-state index >= 15 is 0 Å². The second-order valence-electron chi connectivity index (χ2n) is 2.52.